The van der Waals surface area contributed by atoms with Crippen LogP contribution in [0.1, 0.15) is 17.7 Å². The van der Waals surface area contributed by atoms with E-state index in [1.165, 1.54) is 5.56 Å². The number of nitrogens with zero attached hydrogens (tertiary/aromatic N) is 3. The molecule has 1 aromatic carbocycles. The number of halogens is 1. The average molecular weight is 357 g/mol. The minimum Gasteiger partial charge on any atom is -0.347 e. The van der Waals surface area contributed by atoms with Crippen molar-refractivity contribution in [2.45, 2.75) is 19.8 Å². The molecule has 4 nitrogen and oxygen atoms in total. The maximum absolute atomic E-state index is 5.90. The summed E-state index contributed by atoms with van der Waals surface area (Å²) in [6, 6.07) is 11.7. The van der Waals surface area contributed by atoms with Gasteiger partial charge in [-0.3, -0.25) is 4.98 Å². The molecule has 122 valence electrons. The van der Waals surface area contributed by atoms with Gasteiger partial charge in [-0.1, -0.05) is 36.0 Å². The highest BCUT2D eigenvalue weighted by atomic mass is 35.5. The molecule has 0 atom stereocenters. The van der Waals surface area contributed by atoms with Crippen molar-refractivity contribution in [1.29, 1.82) is 0 Å². The molecule has 0 saturated heterocycles. The Morgan fingerprint density at radius 3 is 2.58 bits per heavy atom. The smallest absolute Gasteiger partial charge is 0.0808 e. The lowest BCUT2D eigenvalue weighted by Gasteiger charge is -2.09. The van der Waals surface area contributed by atoms with Crippen LogP contribution in [0.2, 0.25) is 5.02 Å². The van der Waals surface area contributed by atoms with E-state index in [0.29, 0.717) is 0 Å². The third-order valence-electron chi connectivity index (χ3n) is 3.75. The normalized spacial score (nSPS) is 10.6. The highest BCUT2D eigenvalue weighted by molar-refractivity contribution is 7.80. The number of thiocarbonyl (C=S) groups is 1. The van der Waals surface area contributed by atoms with E-state index >= 15 is 0 Å². The van der Waals surface area contributed by atoms with Crippen LogP contribution in [0.4, 0.5) is 5.69 Å². The van der Waals surface area contributed by atoms with Crippen LogP contribution in [0.25, 0.3) is 5.69 Å². The third-order valence-corrected chi connectivity index (χ3v) is 4.30. The van der Waals surface area contributed by atoms with Gasteiger partial charge in [-0.25, -0.2) is 4.68 Å². The second-order valence-corrected chi connectivity index (χ2v) is 6.36. The van der Waals surface area contributed by atoms with Gasteiger partial charge < -0.3 is 5.32 Å². The third kappa shape index (κ3) is 3.99. The Labute approximate surface area is 151 Å². The van der Waals surface area contributed by atoms with E-state index in [1.807, 2.05) is 48.0 Å². The maximum atomic E-state index is 5.90. The molecule has 24 heavy (non-hydrogen) atoms. The van der Waals surface area contributed by atoms with Gasteiger partial charge in [-0.05, 0) is 43.2 Å². The van der Waals surface area contributed by atoms with Gasteiger partial charge in [0.15, 0.2) is 0 Å². The quantitative estimate of drug-likeness (QED) is 0.678. The zero-order valence-electron chi connectivity index (χ0n) is 13.2. The van der Waals surface area contributed by atoms with Gasteiger partial charge in [0.25, 0.3) is 0 Å². The minimum atomic E-state index is 0.749. The molecule has 2 aromatic heterocycles. The van der Waals surface area contributed by atoms with Crippen molar-refractivity contribution < 1.29 is 0 Å². The van der Waals surface area contributed by atoms with E-state index in [4.69, 9.17) is 23.8 Å². The number of nitrogens with one attached hydrogen (secondary N) is 1. The van der Waals surface area contributed by atoms with Crippen LogP contribution in [0.15, 0.2) is 55.0 Å². The SMILES string of the molecule is Cc1c(NC(=S)CCc2ccc(Cl)cc2)cnn1-c1ccncc1. The van der Waals surface area contributed by atoms with Gasteiger partial charge in [0.1, 0.15) is 0 Å². The summed E-state index contributed by atoms with van der Waals surface area (Å²) < 4.78 is 1.87. The van der Waals surface area contributed by atoms with Crippen molar-refractivity contribution in [1.82, 2.24) is 14.8 Å². The number of hydrogen-bond acceptors (Lipinski definition) is 3. The number of aromatic nitrogens is 3. The molecular weight excluding hydrogens is 340 g/mol. The van der Waals surface area contributed by atoms with Gasteiger partial charge in [0.05, 0.1) is 28.3 Å². The van der Waals surface area contributed by atoms with Gasteiger partial charge >= 0.3 is 0 Å². The van der Waals surface area contributed by atoms with Crippen LogP contribution < -0.4 is 5.32 Å². The van der Waals surface area contributed by atoms with Crippen molar-refractivity contribution in [2.24, 2.45) is 0 Å². The van der Waals surface area contributed by atoms with Crippen LogP contribution >= 0.6 is 23.8 Å². The summed E-state index contributed by atoms with van der Waals surface area (Å²) in [4.78, 5) is 4.82. The Morgan fingerprint density at radius 2 is 1.88 bits per heavy atom. The summed E-state index contributed by atoms with van der Waals surface area (Å²) in [5, 5.41) is 8.46. The van der Waals surface area contributed by atoms with Crippen molar-refractivity contribution in [2.75, 3.05) is 5.32 Å². The first-order valence-corrected chi connectivity index (χ1v) is 8.41. The zero-order valence-corrected chi connectivity index (χ0v) is 14.8. The van der Waals surface area contributed by atoms with Crippen LogP contribution in [-0.2, 0) is 6.42 Å². The largest absolute Gasteiger partial charge is 0.347 e. The minimum absolute atomic E-state index is 0.749. The van der Waals surface area contributed by atoms with E-state index in [-0.39, 0.29) is 0 Å². The Kier molecular flexibility index (Phi) is 5.23. The van der Waals surface area contributed by atoms with Crippen molar-refractivity contribution in [3.05, 3.63) is 71.3 Å². The van der Waals surface area contributed by atoms with E-state index in [2.05, 4.69) is 15.4 Å². The lowest BCUT2D eigenvalue weighted by Crippen LogP contribution is -2.11. The number of hydrogen-bond donors (Lipinski definition) is 1. The molecule has 0 fully saturated rings. The molecule has 2 heterocycles. The summed E-state index contributed by atoms with van der Waals surface area (Å²) in [7, 11) is 0. The number of rotatable bonds is 5. The summed E-state index contributed by atoms with van der Waals surface area (Å²) in [5.74, 6) is 0. The fourth-order valence-corrected chi connectivity index (χ4v) is 2.74. The predicted octanol–water partition coefficient (Wildman–Crippen LogP) is 4.60. The molecule has 1 N–H and O–H groups in total. The highest BCUT2D eigenvalue weighted by Gasteiger charge is 2.09. The average Bonchev–Trinajstić information content (AvgIpc) is 2.96. The standard InChI is InChI=1S/C18H17ClN4S/c1-13-17(12-21-23(13)16-8-10-20-11-9-16)22-18(24)7-4-14-2-5-15(19)6-3-14/h2-3,5-6,8-12H,4,7H2,1H3,(H,22,24). The topological polar surface area (TPSA) is 42.7 Å². The first-order valence-electron chi connectivity index (χ1n) is 7.63. The molecule has 0 saturated carbocycles. The van der Waals surface area contributed by atoms with Crippen molar-refractivity contribution >= 4 is 34.5 Å². The molecular formula is C18H17ClN4S. The number of aryl methyl sites for hydroxylation is 1. The van der Waals surface area contributed by atoms with E-state index in [0.717, 1.165) is 39.9 Å². The van der Waals surface area contributed by atoms with Crippen molar-refractivity contribution in [3.8, 4) is 5.69 Å². The first-order chi connectivity index (χ1) is 11.6. The lowest BCUT2D eigenvalue weighted by atomic mass is 10.1. The summed E-state index contributed by atoms with van der Waals surface area (Å²) in [6.45, 7) is 2.01. The second kappa shape index (κ2) is 7.55. The number of pyridine rings is 1. The van der Waals surface area contributed by atoms with Gasteiger partial charge in [0, 0.05) is 23.8 Å². The first kappa shape index (κ1) is 16.6. The summed E-state index contributed by atoms with van der Waals surface area (Å²) >= 11 is 11.4. The molecule has 0 amide bonds. The Morgan fingerprint density at radius 1 is 1.17 bits per heavy atom. The van der Waals surface area contributed by atoms with Crippen LogP contribution in [-0.4, -0.2) is 19.8 Å². The monoisotopic (exact) mass is 356 g/mol. The Bertz CT molecular complexity index is 828. The van der Waals surface area contributed by atoms with Gasteiger partial charge in [0.2, 0.25) is 0 Å². The van der Waals surface area contributed by atoms with Crippen LogP contribution in [0.3, 0.4) is 0 Å². The molecule has 3 rings (SSSR count). The van der Waals surface area contributed by atoms with E-state index in [1.54, 1.807) is 18.6 Å². The molecule has 3 aromatic rings. The molecule has 0 aliphatic rings. The molecule has 0 aliphatic heterocycles. The molecule has 0 aliphatic carbocycles. The molecule has 0 spiro atoms. The number of anilines is 1. The zero-order chi connectivity index (χ0) is 16.9. The molecule has 0 bridgehead atoms. The van der Waals surface area contributed by atoms with Gasteiger partial charge in [-0.2, -0.15) is 5.10 Å². The predicted molar refractivity (Wildman–Crippen MR) is 102 cm³/mol. The van der Waals surface area contributed by atoms with Crippen LogP contribution in [0.5, 0.6) is 0 Å². The highest BCUT2D eigenvalue weighted by Crippen LogP contribution is 2.19. The Balaban J connectivity index is 1.63. The van der Waals surface area contributed by atoms with E-state index < -0.39 is 0 Å². The van der Waals surface area contributed by atoms with Gasteiger partial charge in [-0.15, -0.1) is 0 Å². The molecule has 0 unspecified atom stereocenters. The molecule has 6 heteroatoms. The van der Waals surface area contributed by atoms with Crippen LogP contribution in [0, 0.1) is 6.92 Å². The van der Waals surface area contributed by atoms with E-state index in [9.17, 15) is 0 Å². The van der Waals surface area contributed by atoms with Crippen molar-refractivity contribution in [3.63, 3.8) is 0 Å². The fourth-order valence-electron chi connectivity index (χ4n) is 2.40. The summed E-state index contributed by atoms with van der Waals surface area (Å²) in [5.41, 5.74) is 4.12. The number of benzene rings is 1. The molecule has 0 radical (unpaired) electrons. The lowest BCUT2D eigenvalue weighted by molar-refractivity contribution is 0.845. The maximum Gasteiger partial charge on any atom is 0.0808 e. The second-order valence-electron chi connectivity index (χ2n) is 5.44. The fraction of sp³-hybridized carbons (Fsp3) is 0.167. The Hall–Kier alpha value is -2.24. The summed E-state index contributed by atoms with van der Waals surface area (Å²) in [6.07, 6.45) is 6.95.